The van der Waals surface area contributed by atoms with Crippen molar-refractivity contribution in [2.75, 3.05) is 0 Å². The Labute approximate surface area is 165 Å². The van der Waals surface area contributed by atoms with Crippen molar-refractivity contribution >= 4 is 27.5 Å². The summed E-state index contributed by atoms with van der Waals surface area (Å²) in [7, 11) is 0. The van der Waals surface area contributed by atoms with Crippen molar-refractivity contribution in [3.05, 3.63) is 58.1 Å². The highest BCUT2D eigenvalue weighted by atomic mass is 79.9. The second kappa shape index (κ2) is 7.31. The molecule has 3 rings (SSSR count). The zero-order valence-electron chi connectivity index (χ0n) is 15.6. The molecule has 1 amide bonds. The van der Waals surface area contributed by atoms with Crippen LogP contribution in [0.15, 0.2) is 41.1 Å². The number of alkyl carbamates (subject to hydrolysis) is 1. The molecule has 0 atom stereocenters. The van der Waals surface area contributed by atoms with E-state index in [1.807, 2.05) is 18.3 Å². The Hall–Kier alpha value is -2.41. The third kappa shape index (κ3) is 4.30. The quantitative estimate of drug-likeness (QED) is 0.614. The maximum atomic E-state index is 15.1. The third-order valence-corrected chi connectivity index (χ3v) is 4.52. The molecule has 0 aliphatic heterocycles. The Bertz CT molecular complexity index is 1010. The largest absolute Gasteiger partial charge is 0.444 e. The van der Waals surface area contributed by atoms with Gasteiger partial charge < -0.3 is 10.1 Å². The van der Waals surface area contributed by atoms with Crippen LogP contribution in [0.4, 0.5) is 9.18 Å². The normalized spacial score (nSPS) is 11.6. The van der Waals surface area contributed by atoms with Gasteiger partial charge in [-0.3, -0.25) is 0 Å². The monoisotopic (exact) mass is 433 g/mol. The number of halogens is 2. The number of nitrogens with one attached hydrogen (secondary N) is 1. The van der Waals surface area contributed by atoms with Gasteiger partial charge in [0.05, 0.1) is 5.52 Å². The highest BCUT2D eigenvalue weighted by Gasteiger charge is 2.18. The number of amides is 1. The predicted molar refractivity (Wildman–Crippen MR) is 106 cm³/mol. The van der Waals surface area contributed by atoms with Gasteiger partial charge in [-0.1, -0.05) is 12.1 Å². The molecule has 0 aliphatic carbocycles. The van der Waals surface area contributed by atoms with Gasteiger partial charge in [0.25, 0.3) is 0 Å². The second-order valence-corrected chi connectivity index (χ2v) is 8.22. The summed E-state index contributed by atoms with van der Waals surface area (Å²) in [6, 6.07) is 7.23. The van der Waals surface area contributed by atoms with E-state index in [4.69, 9.17) is 4.74 Å². The minimum absolute atomic E-state index is 0.195. The first-order valence-electron chi connectivity index (χ1n) is 8.54. The smallest absolute Gasteiger partial charge is 0.407 e. The minimum atomic E-state index is -0.577. The molecule has 5 nitrogen and oxygen atoms in total. The van der Waals surface area contributed by atoms with Gasteiger partial charge in [-0.2, -0.15) is 5.10 Å². The minimum Gasteiger partial charge on any atom is -0.444 e. The Morgan fingerprint density at radius 1 is 1.30 bits per heavy atom. The van der Waals surface area contributed by atoms with Crippen LogP contribution < -0.4 is 5.32 Å². The Morgan fingerprint density at radius 3 is 2.74 bits per heavy atom. The molecule has 0 saturated carbocycles. The molecule has 0 bridgehead atoms. The topological polar surface area (TPSA) is 55.6 Å². The number of carbonyl (C=O) groups is 1. The molecule has 7 heteroatoms. The average molecular weight is 434 g/mol. The highest BCUT2D eigenvalue weighted by molar-refractivity contribution is 9.10. The molecule has 0 fully saturated rings. The van der Waals surface area contributed by atoms with Crippen molar-refractivity contribution in [2.45, 2.75) is 39.8 Å². The van der Waals surface area contributed by atoms with Gasteiger partial charge in [-0.25, -0.2) is 13.7 Å². The number of hydrogen-bond acceptors (Lipinski definition) is 3. The SMILES string of the molecule is Cc1c(CNC(=O)OC(C)(C)C)ccc(-c2ccnn3cc(Br)cc23)c1F. The molecule has 0 radical (unpaired) electrons. The number of ether oxygens (including phenoxy) is 1. The molecule has 0 spiro atoms. The zero-order valence-corrected chi connectivity index (χ0v) is 17.2. The average Bonchev–Trinajstić information content (AvgIpc) is 2.95. The van der Waals surface area contributed by atoms with E-state index >= 15 is 4.39 Å². The summed E-state index contributed by atoms with van der Waals surface area (Å²) in [6.45, 7) is 7.28. The zero-order chi connectivity index (χ0) is 19.8. The first-order chi connectivity index (χ1) is 12.7. The molecule has 0 aliphatic rings. The van der Waals surface area contributed by atoms with Gasteiger partial charge in [0.2, 0.25) is 0 Å². The van der Waals surface area contributed by atoms with Crippen molar-refractivity contribution in [3.8, 4) is 11.1 Å². The number of nitrogens with zero attached hydrogens (tertiary/aromatic N) is 2. The van der Waals surface area contributed by atoms with E-state index in [9.17, 15) is 4.79 Å². The summed E-state index contributed by atoms with van der Waals surface area (Å²) < 4.78 is 22.9. The molecule has 2 aromatic heterocycles. The number of rotatable bonds is 3. The van der Waals surface area contributed by atoms with Crippen molar-refractivity contribution in [2.24, 2.45) is 0 Å². The lowest BCUT2D eigenvalue weighted by Crippen LogP contribution is -2.32. The van der Waals surface area contributed by atoms with Gasteiger partial charge in [0.1, 0.15) is 11.4 Å². The molecule has 27 heavy (non-hydrogen) atoms. The lowest BCUT2D eigenvalue weighted by molar-refractivity contribution is 0.0523. The van der Waals surface area contributed by atoms with E-state index in [2.05, 4.69) is 26.3 Å². The fourth-order valence-corrected chi connectivity index (χ4v) is 3.23. The molecular weight excluding hydrogens is 413 g/mol. The first kappa shape index (κ1) is 19.4. The Morgan fingerprint density at radius 2 is 2.04 bits per heavy atom. The van der Waals surface area contributed by atoms with Crippen molar-refractivity contribution in [3.63, 3.8) is 0 Å². The summed E-state index contributed by atoms with van der Waals surface area (Å²) in [5.41, 5.74) is 2.66. The lowest BCUT2D eigenvalue weighted by Gasteiger charge is -2.20. The molecular formula is C20H21BrFN3O2. The van der Waals surface area contributed by atoms with Crippen molar-refractivity contribution in [1.29, 1.82) is 0 Å². The van der Waals surface area contributed by atoms with Crippen LogP contribution in [-0.4, -0.2) is 21.3 Å². The van der Waals surface area contributed by atoms with Gasteiger partial charge in [0, 0.05) is 34.5 Å². The van der Waals surface area contributed by atoms with Crippen LogP contribution in [0.2, 0.25) is 0 Å². The molecule has 3 aromatic rings. The van der Waals surface area contributed by atoms with Crippen LogP contribution in [0.1, 0.15) is 31.9 Å². The van der Waals surface area contributed by atoms with Crippen LogP contribution in [0, 0.1) is 12.7 Å². The third-order valence-electron chi connectivity index (χ3n) is 4.09. The highest BCUT2D eigenvalue weighted by Crippen LogP contribution is 2.31. The van der Waals surface area contributed by atoms with E-state index < -0.39 is 11.7 Å². The Balaban J connectivity index is 1.88. The molecule has 0 unspecified atom stereocenters. The summed E-state index contributed by atoms with van der Waals surface area (Å²) in [6.07, 6.45) is 2.94. The molecule has 1 aromatic carbocycles. The standard InChI is InChI=1S/C20H21BrFN3O2/c1-12-13(10-23-19(26)27-20(2,3)4)5-6-16(18(12)22)15-7-8-24-25-11-14(21)9-17(15)25/h5-9,11H,10H2,1-4H3,(H,23,26). The van der Waals surface area contributed by atoms with Crippen LogP contribution >= 0.6 is 15.9 Å². The Kier molecular flexibility index (Phi) is 5.24. The molecule has 0 saturated heterocycles. The summed E-state index contributed by atoms with van der Waals surface area (Å²) in [4.78, 5) is 11.8. The van der Waals surface area contributed by atoms with Crippen LogP contribution in [-0.2, 0) is 11.3 Å². The van der Waals surface area contributed by atoms with Crippen LogP contribution in [0.5, 0.6) is 0 Å². The molecule has 1 N–H and O–H groups in total. The van der Waals surface area contributed by atoms with Gasteiger partial charge >= 0.3 is 6.09 Å². The molecule has 2 heterocycles. The number of fused-ring (bicyclic) bond motifs is 1. The predicted octanol–water partition coefficient (Wildman–Crippen LogP) is 5.24. The lowest BCUT2D eigenvalue weighted by atomic mass is 9.99. The van der Waals surface area contributed by atoms with E-state index in [1.165, 1.54) is 0 Å². The maximum Gasteiger partial charge on any atom is 0.407 e. The number of benzene rings is 1. The fraction of sp³-hybridized carbons (Fsp3) is 0.300. The van der Waals surface area contributed by atoms with Crippen LogP contribution in [0.25, 0.3) is 16.6 Å². The summed E-state index contributed by atoms with van der Waals surface area (Å²) in [5, 5.41) is 6.91. The molecule has 142 valence electrons. The number of hydrogen-bond donors (Lipinski definition) is 1. The number of carbonyl (C=O) groups excluding carboxylic acids is 1. The second-order valence-electron chi connectivity index (χ2n) is 7.30. The van der Waals surface area contributed by atoms with E-state index in [0.717, 1.165) is 15.6 Å². The van der Waals surface area contributed by atoms with Crippen LogP contribution in [0.3, 0.4) is 0 Å². The first-order valence-corrected chi connectivity index (χ1v) is 9.33. The fourth-order valence-electron chi connectivity index (χ4n) is 2.82. The van der Waals surface area contributed by atoms with E-state index in [0.29, 0.717) is 16.7 Å². The van der Waals surface area contributed by atoms with E-state index in [1.54, 1.807) is 50.5 Å². The van der Waals surface area contributed by atoms with E-state index in [-0.39, 0.29) is 12.4 Å². The van der Waals surface area contributed by atoms with Gasteiger partial charge in [-0.05, 0) is 66.9 Å². The van der Waals surface area contributed by atoms with Gasteiger partial charge in [-0.15, -0.1) is 0 Å². The van der Waals surface area contributed by atoms with Crippen molar-refractivity contribution < 1.29 is 13.9 Å². The summed E-state index contributed by atoms with van der Waals surface area (Å²) >= 11 is 3.42. The van der Waals surface area contributed by atoms with Gasteiger partial charge in [0.15, 0.2) is 0 Å². The summed E-state index contributed by atoms with van der Waals surface area (Å²) in [5.74, 6) is -0.316. The maximum absolute atomic E-state index is 15.1. The van der Waals surface area contributed by atoms with Crippen molar-refractivity contribution in [1.82, 2.24) is 14.9 Å². The number of aromatic nitrogens is 2.